The zero-order valence-corrected chi connectivity index (χ0v) is 12.8. The number of thiophene rings is 1. The van der Waals surface area contributed by atoms with Crippen molar-refractivity contribution in [3.63, 3.8) is 0 Å². The van der Waals surface area contributed by atoms with Gasteiger partial charge in [-0.05, 0) is 49.8 Å². The highest BCUT2D eigenvalue weighted by molar-refractivity contribution is 7.14. The highest BCUT2D eigenvalue weighted by atomic mass is 32.1. The molecule has 2 heterocycles. The summed E-state index contributed by atoms with van der Waals surface area (Å²) in [7, 11) is 0. The van der Waals surface area contributed by atoms with Crippen LogP contribution >= 0.6 is 11.3 Å². The molecule has 1 atom stereocenters. The van der Waals surface area contributed by atoms with Crippen LogP contribution in [0.1, 0.15) is 39.9 Å². The van der Waals surface area contributed by atoms with Gasteiger partial charge in [0.25, 0.3) is 5.91 Å². The van der Waals surface area contributed by atoms with Crippen LogP contribution in [0, 0.1) is 5.92 Å². The average Bonchev–Trinajstić information content (AvgIpc) is 2.89. The number of nitrogens with one attached hydrogen (secondary N) is 2. The Hall–Kier alpha value is -1.13. The van der Waals surface area contributed by atoms with Crippen LogP contribution in [0.3, 0.4) is 0 Å². The van der Waals surface area contributed by atoms with Gasteiger partial charge >= 0.3 is 0 Å². The molecule has 0 bridgehead atoms. The molecular formula is C16H22N2OS. The van der Waals surface area contributed by atoms with E-state index in [1.54, 1.807) is 11.3 Å². The first-order valence-corrected chi connectivity index (χ1v) is 8.32. The maximum Gasteiger partial charge on any atom is 0.261 e. The summed E-state index contributed by atoms with van der Waals surface area (Å²) >= 11 is 1.69. The predicted octanol–water partition coefficient (Wildman–Crippen LogP) is 2.52. The quantitative estimate of drug-likeness (QED) is 0.840. The third kappa shape index (κ3) is 3.13. The molecule has 1 aliphatic carbocycles. The lowest BCUT2D eigenvalue weighted by atomic mass is 9.90. The largest absolute Gasteiger partial charge is 0.348 e. The SMILES string of the molecule is CC1CCc2sc(C(=O)NCC3=CCNCC3)cc2C1. The molecule has 0 spiro atoms. The molecule has 0 fully saturated rings. The molecule has 3 rings (SSSR count). The van der Waals surface area contributed by atoms with Crippen LogP contribution < -0.4 is 10.6 Å². The van der Waals surface area contributed by atoms with Crippen LogP contribution in [0.2, 0.25) is 0 Å². The van der Waals surface area contributed by atoms with Crippen LogP contribution in [0.15, 0.2) is 17.7 Å². The van der Waals surface area contributed by atoms with E-state index >= 15 is 0 Å². The average molecular weight is 290 g/mol. The second-order valence-corrected chi connectivity index (χ2v) is 7.04. The Kier molecular flexibility index (Phi) is 4.22. The Bertz CT molecular complexity index is 533. The zero-order chi connectivity index (χ0) is 13.9. The van der Waals surface area contributed by atoms with Crippen LogP contribution in [0.4, 0.5) is 0 Å². The van der Waals surface area contributed by atoms with E-state index in [-0.39, 0.29) is 5.91 Å². The van der Waals surface area contributed by atoms with Gasteiger partial charge in [-0.15, -0.1) is 11.3 Å². The molecule has 1 aliphatic heterocycles. The van der Waals surface area contributed by atoms with Gasteiger partial charge in [0.2, 0.25) is 0 Å². The molecule has 2 aliphatic rings. The van der Waals surface area contributed by atoms with Crippen LogP contribution in [0.25, 0.3) is 0 Å². The summed E-state index contributed by atoms with van der Waals surface area (Å²) in [5, 5.41) is 6.35. The van der Waals surface area contributed by atoms with Crippen molar-refractivity contribution >= 4 is 17.2 Å². The molecule has 2 N–H and O–H groups in total. The van der Waals surface area contributed by atoms with Crippen molar-refractivity contribution in [2.24, 2.45) is 5.92 Å². The standard InChI is InChI=1S/C16H22N2OS/c1-11-2-3-14-13(8-11)9-15(20-14)16(19)18-10-12-4-6-17-7-5-12/h4,9,11,17H,2-3,5-8,10H2,1H3,(H,18,19). The summed E-state index contributed by atoms with van der Waals surface area (Å²) in [5.74, 6) is 0.851. The Morgan fingerprint density at radius 3 is 3.20 bits per heavy atom. The Morgan fingerprint density at radius 2 is 2.40 bits per heavy atom. The van der Waals surface area contributed by atoms with Gasteiger partial charge in [-0.3, -0.25) is 4.79 Å². The molecule has 0 saturated carbocycles. The van der Waals surface area contributed by atoms with Crippen LogP contribution in [0.5, 0.6) is 0 Å². The second-order valence-electron chi connectivity index (χ2n) is 5.91. The Labute approximate surface area is 124 Å². The van der Waals surface area contributed by atoms with Gasteiger partial charge in [0, 0.05) is 18.0 Å². The second kappa shape index (κ2) is 6.10. The normalized spacial score (nSPS) is 22.1. The summed E-state index contributed by atoms with van der Waals surface area (Å²) in [5.41, 5.74) is 2.74. The first-order chi connectivity index (χ1) is 9.72. The van der Waals surface area contributed by atoms with Gasteiger partial charge in [0.15, 0.2) is 0 Å². The van der Waals surface area contributed by atoms with E-state index in [9.17, 15) is 4.79 Å². The molecule has 0 saturated heterocycles. The smallest absolute Gasteiger partial charge is 0.261 e. The minimum Gasteiger partial charge on any atom is -0.348 e. The van der Waals surface area contributed by atoms with Crippen molar-refractivity contribution in [1.29, 1.82) is 0 Å². The third-order valence-electron chi connectivity index (χ3n) is 4.19. The van der Waals surface area contributed by atoms with Gasteiger partial charge in [0.05, 0.1) is 4.88 Å². The molecule has 4 heteroatoms. The van der Waals surface area contributed by atoms with E-state index < -0.39 is 0 Å². The summed E-state index contributed by atoms with van der Waals surface area (Å²) in [4.78, 5) is 14.6. The van der Waals surface area contributed by atoms with E-state index in [4.69, 9.17) is 0 Å². The number of fused-ring (bicyclic) bond motifs is 1. The molecule has 3 nitrogen and oxygen atoms in total. The molecule has 1 amide bonds. The molecule has 1 aromatic heterocycles. The minimum absolute atomic E-state index is 0.0940. The number of hydrogen-bond acceptors (Lipinski definition) is 3. The number of carbonyl (C=O) groups is 1. The first kappa shape index (κ1) is 13.8. The van der Waals surface area contributed by atoms with Crippen LogP contribution in [-0.2, 0) is 12.8 Å². The number of hydrogen-bond donors (Lipinski definition) is 2. The Balaban J connectivity index is 1.61. The highest BCUT2D eigenvalue weighted by Gasteiger charge is 2.20. The molecule has 1 unspecified atom stereocenters. The molecule has 0 radical (unpaired) electrons. The molecular weight excluding hydrogens is 268 g/mol. The van der Waals surface area contributed by atoms with Gasteiger partial charge < -0.3 is 10.6 Å². The van der Waals surface area contributed by atoms with E-state index in [0.717, 1.165) is 43.1 Å². The van der Waals surface area contributed by atoms with Crippen molar-refractivity contribution < 1.29 is 4.79 Å². The lowest BCUT2D eigenvalue weighted by Gasteiger charge is -2.16. The van der Waals surface area contributed by atoms with Gasteiger partial charge in [-0.2, -0.15) is 0 Å². The fourth-order valence-electron chi connectivity index (χ4n) is 2.93. The molecule has 1 aromatic rings. The van der Waals surface area contributed by atoms with Crippen LogP contribution in [-0.4, -0.2) is 25.5 Å². The van der Waals surface area contributed by atoms with Gasteiger partial charge in [-0.25, -0.2) is 0 Å². The number of amides is 1. The fraction of sp³-hybridized carbons (Fsp3) is 0.562. The molecule has 20 heavy (non-hydrogen) atoms. The van der Waals surface area contributed by atoms with E-state index in [1.165, 1.54) is 22.4 Å². The fourth-order valence-corrected chi connectivity index (χ4v) is 4.05. The first-order valence-electron chi connectivity index (χ1n) is 7.51. The zero-order valence-electron chi connectivity index (χ0n) is 12.0. The summed E-state index contributed by atoms with van der Waals surface area (Å²) < 4.78 is 0. The van der Waals surface area contributed by atoms with E-state index in [0.29, 0.717) is 6.54 Å². The molecule has 0 aromatic carbocycles. The van der Waals surface area contributed by atoms with Crippen molar-refractivity contribution in [2.45, 2.75) is 32.6 Å². The maximum absolute atomic E-state index is 12.2. The van der Waals surface area contributed by atoms with E-state index in [2.05, 4.69) is 29.7 Å². The van der Waals surface area contributed by atoms with Crippen molar-refractivity contribution in [3.8, 4) is 0 Å². The maximum atomic E-state index is 12.2. The lowest BCUT2D eigenvalue weighted by molar-refractivity contribution is 0.0960. The van der Waals surface area contributed by atoms with Crippen molar-refractivity contribution in [1.82, 2.24) is 10.6 Å². The lowest BCUT2D eigenvalue weighted by Crippen LogP contribution is -2.29. The number of aryl methyl sites for hydroxylation is 1. The third-order valence-corrected chi connectivity index (χ3v) is 5.42. The van der Waals surface area contributed by atoms with E-state index in [1.807, 2.05) is 0 Å². The predicted molar refractivity (Wildman–Crippen MR) is 83.4 cm³/mol. The number of carbonyl (C=O) groups excluding carboxylic acids is 1. The topological polar surface area (TPSA) is 41.1 Å². The minimum atomic E-state index is 0.0940. The highest BCUT2D eigenvalue weighted by Crippen LogP contribution is 2.32. The molecule has 108 valence electrons. The Morgan fingerprint density at radius 1 is 1.50 bits per heavy atom. The van der Waals surface area contributed by atoms with Gasteiger partial charge in [-0.1, -0.05) is 18.6 Å². The number of rotatable bonds is 3. The van der Waals surface area contributed by atoms with Gasteiger partial charge in [0.1, 0.15) is 0 Å². The van der Waals surface area contributed by atoms with Crippen molar-refractivity contribution in [3.05, 3.63) is 33.0 Å². The monoisotopic (exact) mass is 290 g/mol. The van der Waals surface area contributed by atoms with Crippen molar-refractivity contribution in [2.75, 3.05) is 19.6 Å². The summed E-state index contributed by atoms with van der Waals surface area (Å²) in [6.45, 7) is 4.94. The summed E-state index contributed by atoms with van der Waals surface area (Å²) in [6.07, 6.45) is 6.76. The summed E-state index contributed by atoms with van der Waals surface area (Å²) in [6, 6.07) is 2.11.